The molecule has 3 rings (SSSR count). The average Bonchev–Trinajstić information content (AvgIpc) is 2.63. The summed E-state index contributed by atoms with van der Waals surface area (Å²) in [6, 6.07) is 9.79. The molecule has 5 heteroatoms. The number of nitrogens with one attached hydrogen (secondary N) is 1. The van der Waals surface area contributed by atoms with E-state index in [1.165, 1.54) is 5.56 Å². The Labute approximate surface area is 136 Å². The molecule has 1 fully saturated rings. The van der Waals surface area contributed by atoms with Crippen LogP contribution in [0.4, 0.5) is 11.6 Å². The molecule has 0 spiro atoms. The Hall–Kier alpha value is -2.43. The predicted octanol–water partition coefficient (Wildman–Crippen LogP) is 2.89. The molecular weight excluding hydrogens is 288 g/mol. The quantitative estimate of drug-likeness (QED) is 0.943. The van der Waals surface area contributed by atoms with Gasteiger partial charge in [0.2, 0.25) is 11.9 Å². The van der Waals surface area contributed by atoms with Gasteiger partial charge < -0.3 is 10.2 Å². The van der Waals surface area contributed by atoms with Crippen LogP contribution < -0.4 is 10.2 Å². The van der Waals surface area contributed by atoms with E-state index in [4.69, 9.17) is 0 Å². The molecule has 2 heterocycles. The molecule has 1 aliphatic heterocycles. The van der Waals surface area contributed by atoms with Crippen LogP contribution in [0.2, 0.25) is 0 Å². The largest absolute Gasteiger partial charge is 0.340 e. The van der Waals surface area contributed by atoms with Crippen LogP contribution in [0.3, 0.4) is 0 Å². The van der Waals surface area contributed by atoms with Gasteiger partial charge in [-0.05, 0) is 37.0 Å². The Morgan fingerprint density at radius 1 is 1.26 bits per heavy atom. The van der Waals surface area contributed by atoms with Crippen LogP contribution in [-0.2, 0) is 11.2 Å². The summed E-state index contributed by atoms with van der Waals surface area (Å²) < 4.78 is 0. The number of aryl methyl sites for hydroxylation is 1. The SMILES string of the molecule is CCc1ccccc1NC(=O)[C@H]1CCCN(c2ncccn2)C1. The molecule has 0 unspecified atom stereocenters. The summed E-state index contributed by atoms with van der Waals surface area (Å²) in [6.07, 6.45) is 6.27. The number of amides is 1. The van der Waals surface area contributed by atoms with Crippen molar-refractivity contribution in [3.05, 3.63) is 48.3 Å². The molecule has 1 aliphatic rings. The predicted molar refractivity (Wildman–Crippen MR) is 91.4 cm³/mol. The highest BCUT2D eigenvalue weighted by Crippen LogP contribution is 2.23. The van der Waals surface area contributed by atoms with Crippen molar-refractivity contribution >= 4 is 17.5 Å². The second-order valence-corrected chi connectivity index (χ2v) is 5.83. The number of nitrogens with zero attached hydrogens (tertiary/aromatic N) is 3. The highest BCUT2D eigenvalue weighted by molar-refractivity contribution is 5.93. The van der Waals surface area contributed by atoms with E-state index in [-0.39, 0.29) is 11.8 Å². The molecule has 0 saturated carbocycles. The fraction of sp³-hybridized carbons (Fsp3) is 0.389. The number of para-hydroxylation sites is 1. The maximum Gasteiger partial charge on any atom is 0.229 e. The molecule has 1 atom stereocenters. The van der Waals surface area contributed by atoms with E-state index in [1.54, 1.807) is 18.5 Å². The highest BCUT2D eigenvalue weighted by Gasteiger charge is 2.27. The summed E-state index contributed by atoms with van der Waals surface area (Å²) in [5.41, 5.74) is 2.09. The van der Waals surface area contributed by atoms with Crippen molar-refractivity contribution in [3.63, 3.8) is 0 Å². The monoisotopic (exact) mass is 310 g/mol. The lowest BCUT2D eigenvalue weighted by Gasteiger charge is -2.32. The summed E-state index contributed by atoms with van der Waals surface area (Å²) in [5.74, 6) is 0.767. The van der Waals surface area contributed by atoms with Gasteiger partial charge in [0.15, 0.2) is 0 Å². The molecular formula is C18H22N4O. The summed E-state index contributed by atoms with van der Waals surface area (Å²) in [6.45, 7) is 3.67. The number of aromatic nitrogens is 2. The lowest BCUT2D eigenvalue weighted by molar-refractivity contribution is -0.120. The van der Waals surface area contributed by atoms with Crippen molar-refractivity contribution in [2.45, 2.75) is 26.2 Å². The zero-order chi connectivity index (χ0) is 16.1. The van der Waals surface area contributed by atoms with E-state index in [0.717, 1.165) is 31.5 Å². The summed E-state index contributed by atoms with van der Waals surface area (Å²) in [5, 5.41) is 3.10. The Morgan fingerprint density at radius 3 is 2.83 bits per heavy atom. The van der Waals surface area contributed by atoms with Crippen molar-refractivity contribution in [2.24, 2.45) is 5.92 Å². The van der Waals surface area contributed by atoms with Gasteiger partial charge in [-0.3, -0.25) is 4.79 Å². The van der Waals surface area contributed by atoms with Crippen LogP contribution in [0.1, 0.15) is 25.3 Å². The second-order valence-electron chi connectivity index (χ2n) is 5.83. The molecule has 0 bridgehead atoms. The highest BCUT2D eigenvalue weighted by atomic mass is 16.1. The van der Waals surface area contributed by atoms with Gasteiger partial charge >= 0.3 is 0 Å². The number of piperidine rings is 1. The Bertz CT molecular complexity index is 659. The van der Waals surface area contributed by atoms with E-state index in [0.29, 0.717) is 12.5 Å². The van der Waals surface area contributed by atoms with Crippen LogP contribution in [0.25, 0.3) is 0 Å². The molecule has 5 nitrogen and oxygen atoms in total. The van der Waals surface area contributed by atoms with Crippen LogP contribution >= 0.6 is 0 Å². The van der Waals surface area contributed by atoms with Crippen LogP contribution in [0.15, 0.2) is 42.7 Å². The van der Waals surface area contributed by atoms with Crippen molar-refractivity contribution in [3.8, 4) is 0 Å². The number of rotatable bonds is 4. The number of benzene rings is 1. The molecule has 1 N–H and O–H groups in total. The first kappa shape index (κ1) is 15.5. The van der Waals surface area contributed by atoms with E-state index in [9.17, 15) is 4.79 Å². The fourth-order valence-corrected chi connectivity index (χ4v) is 3.01. The summed E-state index contributed by atoms with van der Waals surface area (Å²) in [4.78, 5) is 23.3. The third kappa shape index (κ3) is 3.67. The molecule has 120 valence electrons. The van der Waals surface area contributed by atoms with Crippen LogP contribution in [0.5, 0.6) is 0 Å². The molecule has 1 amide bonds. The zero-order valence-electron chi connectivity index (χ0n) is 13.4. The second kappa shape index (κ2) is 7.22. The summed E-state index contributed by atoms with van der Waals surface area (Å²) in [7, 11) is 0. The van der Waals surface area contributed by atoms with Gasteiger partial charge in [0.25, 0.3) is 0 Å². The van der Waals surface area contributed by atoms with Crippen molar-refractivity contribution < 1.29 is 4.79 Å². The Kier molecular flexibility index (Phi) is 4.86. The van der Waals surface area contributed by atoms with Crippen LogP contribution in [0, 0.1) is 5.92 Å². The van der Waals surface area contributed by atoms with Gasteiger partial charge in [-0.1, -0.05) is 25.1 Å². The third-order valence-electron chi connectivity index (χ3n) is 4.28. The van der Waals surface area contributed by atoms with Crippen molar-refractivity contribution in [1.29, 1.82) is 0 Å². The van der Waals surface area contributed by atoms with Gasteiger partial charge in [0.05, 0.1) is 5.92 Å². The fourth-order valence-electron chi connectivity index (χ4n) is 3.01. The molecule has 23 heavy (non-hydrogen) atoms. The van der Waals surface area contributed by atoms with Gasteiger partial charge in [-0.25, -0.2) is 9.97 Å². The van der Waals surface area contributed by atoms with E-state index >= 15 is 0 Å². The number of carbonyl (C=O) groups excluding carboxylic acids is 1. The first-order chi connectivity index (χ1) is 11.3. The first-order valence-corrected chi connectivity index (χ1v) is 8.18. The number of hydrogen-bond acceptors (Lipinski definition) is 4. The molecule has 0 radical (unpaired) electrons. The topological polar surface area (TPSA) is 58.1 Å². The smallest absolute Gasteiger partial charge is 0.229 e. The maximum atomic E-state index is 12.6. The van der Waals surface area contributed by atoms with Gasteiger partial charge in [0.1, 0.15) is 0 Å². The minimum atomic E-state index is -0.0301. The van der Waals surface area contributed by atoms with E-state index in [1.807, 2.05) is 18.2 Å². The normalized spacial score (nSPS) is 17.8. The summed E-state index contributed by atoms with van der Waals surface area (Å²) >= 11 is 0. The molecule has 0 aliphatic carbocycles. The Balaban J connectivity index is 1.68. The van der Waals surface area contributed by atoms with Gasteiger partial charge in [0, 0.05) is 31.2 Å². The van der Waals surface area contributed by atoms with E-state index in [2.05, 4.69) is 33.2 Å². The molecule has 1 aromatic heterocycles. The minimum Gasteiger partial charge on any atom is -0.340 e. The first-order valence-electron chi connectivity index (χ1n) is 8.18. The number of carbonyl (C=O) groups is 1. The number of hydrogen-bond donors (Lipinski definition) is 1. The lowest BCUT2D eigenvalue weighted by Crippen LogP contribution is -2.41. The van der Waals surface area contributed by atoms with Gasteiger partial charge in [-0.2, -0.15) is 0 Å². The van der Waals surface area contributed by atoms with E-state index < -0.39 is 0 Å². The Morgan fingerprint density at radius 2 is 2.04 bits per heavy atom. The number of anilines is 2. The minimum absolute atomic E-state index is 0.0301. The van der Waals surface area contributed by atoms with Crippen LogP contribution in [-0.4, -0.2) is 29.0 Å². The molecule has 2 aromatic rings. The maximum absolute atomic E-state index is 12.6. The third-order valence-corrected chi connectivity index (χ3v) is 4.28. The zero-order valence-corrected chi connectivity index (χ0v) is 13.4. The standard InChI is InChI=1S/C18H22N4O/c1-2-14-7-3-4-9-16(14)21-17(23)15-8-5-12-22(13-15)18-19-10-6-11-20-18/h3-4,6-7,9-11,15H,2,5,8,12-13H2,1H3,(H,21,23)/t15-/m0/s1. The van der Waals surface area contributed by atoms with Gasteiger partial charge in [-0.15, -0.1) is 0 Å². The lowest BCUT2D eigenvalue weighted by atomic mass is 9.97. The van der Waals surface area contributed by atoms with Crippen molar-refractivity contribution in [2.75, 3.05) is 23.3 Å². The van der Waals surface area contributed by atoms with Crippen molar-refractivity contribution in [1.82, 2.24) is 9.97 Å². The molecule has 1 aromatic carbocycles. The average molecular weight is 310 g/mol. The molecule has 1 saturated heterocycles.